The average Bonchev–Trinajstić information content (AvgIpc) is 2.78. The topological polar surface area (TPSA) is 124 Å². The van der Waals surface area contributed by atoms with E-state index in [1.54, 1.807) is 0 Å². The molecule has 2 aromatic heterocycles. The Labute approximate surface area is 197 Å². The second-order valence-corrected chi connectivity index (χ2v) is 7.14. The number of benzene rings is 1. The molecule has 2 heterocycles. The second-order valence-electron chi connectivity index (χ2n) is 6.70. The van der Waals surface area contributed by atoms with Crippen LogP contribution in [0, 0.1) is 28.2 Å². The zero-order valence-corrected chi connectivity index (χ0v) is 17.9. The number of halogens is 6. The van der Waals surface area contributed by atoms with E-state index in [0.29, 0.717) is 10.9 Å². The standard InChI is InChI=1S/C20H12ClF5N4O5/c21-11-3-10(6-27)16(23)15(4-11)35-17-18(20(24,25)26)28-9-29(19(17)32)8-14-13(22)5-12(7-30(14)33)34-2-1-31/h3-5,7,9,31H,1-2,8H2. The molecule has 15 heteroatoms. The van der Waals surface area contributed by atoms with Crippen LogP contribution in [0.4, 0.5) is 22.0 Å². The van der Waals surface area contributed by atoms with E-state index < -0.39 is 65.0 Å². The van der Waals surface area contributed by atoms with Gasteiger partial charge in [0.15, 0.2) is 28.8 Å². The lowest BCUT2D eigenvalue weighted by Gasteiger charge is -2.15. The summed E-state index contributed by atoms with van der Waals surface area (Å²) in [4.78, 5) is 15.9. The third-order valence-corrected chi connectivity index (χ3v) is 4.55. The van der Waals surface area contributed by atoms with Crippen LogP contribution in [0.25, 0.3) is 0 Å². The number of hydrogen-bond acceptors (Lipinski definition) is 7. The van der Waals surface area contributed by atoms with Crippen molar-refractivity contribution in [2.45, 2.75) is 12.7 Å². The molecule has 0 amide bonds. The number of nitriles is 1. The number of aliphatic hydroxyl groups excluding tert-OH is 1. The van der Waals surface area contributed by atoms with E-state index in [0.717, 1.165) is 24.4 Å². The summed E-state index contributed by atoms with van der Waals surface area (Å²) in [7, 11) is 0. The second kappa shape index (κ2) is 10.1. The Morgan fingerprint density at radius 2 is 2.00 bits per heavy atom. The number of ether oxygens (including phenoxy) is 2. The van der Waals surface area contributed by atoms with Crippen LogP contribution in [-0.4, -0.2) is 27.9 Å². The normalized spacial score (nSPS) is 11.3. The first-order valence-electron chi connectivity index (χ1n) is 9.35. The van der Waals surface area contributed by atoms with Gasteiger partial charge < -0.3 is 19.8 Å². The van der Waals surface area contributed by atoms with Crippen molar-refractivity contribution in [3.8, 4) is 23.3 Å². The highest BCUT2D eigenvalue weighted by molar-refractivity contribution is 6.30. The van der Waals surface area contributed by atoms with E-state index >= 15 is 0 Å². The van der Waals surface area contributed by atoms with Crippen LogP contribution in [0.15, 0.2) is 35.5 Å². The Morgan fingerprint density at radius 3 is 2.60 bits per heavy atom. The molecule has 0 unspecified atom stereocenters. The van der Waals surface area contributed by atoms with E-state index in [2.05, 4.69) is 4.98 Å². The molecule has 0 saturated heterocycles. The molecule has 35 heavy (non-hydrogen) atoms. The molecule has 184 valence electrons. The first kappa shape index (κ1) is 25.7. The van der Waals surface area contributed by atoms with Crippen molar-refractivity contribution < 1.29 is 41.3 Å². The summed E-state index contributed by atoms with van der Waals surface area (Å²) in [5, 5.41) is 29.6. The predicted molar refractivity (Wildman–Crippen MR) is 107 cm³/mol. The minimum atomic E-state index is -5.23. The van der Waals surface area contributed by atoms with Gasteiger partial charge in [0.2, 0.25) is 17.6 Å². The van der Waals surface area contributed by atoms with Crippen molar-refractivity contribution in [3.05, 3.63) is 79.9 Å². The average molecular weight is 519 g/mol. The zero-order chi connectivity index (χ0) is 25.9. The molecule has 0 bridgehead atoms. The van der Waals surface area contributed by atoms with E-state index in [1.165, 1.54) is 6.07 Å². The van der Waals surface area contributed by atoms with Crippen LogP contribution in [0.2, 0.25) is 5.02 Å². The number of hydrogen-bond donors (Lipinski definition) is 1. The highest BCUT2D eigenvalue weighted by Crippen LogP contribution is 2.36. The molecule has 0 aliphatic carbocycles. The van der Waals surface area contributed by atoms with Gasteiger partial charge in [-0.15, -0.1) is 0 Å². The maximum Gasteiger partial charge on any atom is 0.437 e. The number of rotatable bonds is 7. The Bertz CT molecular complexity index is 1350. The number of nitrogens with zero attached hydrogens (tertiary/aromatic N) is 4. The molecular weight excluding hydrogens is 507 g/mol. The van der Waals surface area contributed by atoms with Gasteiger partial charge in [0, 0.05) is 17.2 Å². The van der Waals surface area contributed by atoms with Crippen molar-refractivity contribution >= 4 is 11.6 Å². The van der Waals surface area contributed by atoms with Gasteiger partial charge in [-0.3, -0.25) is 9.36 Å². The summed E-state index contributed by atoms with van der Waals surface area (Å²) in [5.41, 5.74) is -4.73. The maximum atomic E-state index is 14.4. The number of aliphatic hydroxyl groups is 1. The van der Waals surface area contributed by atoms with Crippen molar-refractivity contribution in [2.24, 2.45) is 0 Å². The number of alkyl halides is 3. The molecule has 9 nitrogen and oxygen atoms in total. The van der Waals surface area contributed by atoms with E-state index in [4.69, 9.17) is 31.4 Å². The van der Waals surface area contributed by atoms with Crippen LogP contribution in [-0.2, 0) is 12.7 Å². The fourth-order valence-corrected chi connectivity index (χ4v) is 3.01. The van der Waals surface area contributed by atoms with E-state index in [-0.39, 0.29) is 22.1 Å². The number of aromatic nitrogens is 3. The molecule has 3 aromatic rings. The van der Waals surface area contributed by atoms with Crippen LogP contribution in [0.3, 0.4) is 0 Å². The molecule has 3 rings (SSSR count). The molecule has 0 radical (unpaired) electrons. The van der Waals surface area contributed by atoms with Gasteiger partial charge >= 0.3 is 6.18 Å². The SMILES string of the molecule is N#Cc1cc(Cl)cc(Oc2c(C(F)(F)F)ncn(Cc3c(F)cc(OCCO)c[n+]3[O-])c2=O)c1F. The highest BCUT2D eigenvalue weighted by Gasteiger charge is 2.39. The predicted octanol–water partition coefficient (Wildman–Crippen LogP) is 2.91. The molecule has 1 N–H and O–H groups in total. The van der Waals surface area contributed by atoms with Crippen LogP contribution in [0.1, 0.15) is 17.0 Å². The van der Waals surface area contributed by atoms with Crippen molar-refractivity contribution in [1.29, 1.82) is 5.26 Å². The summed E-state index contributed by atoms with van der Waals surface area (Å²) in [6.07, 6.45) is -4.04. The lowest BCUT2D eigenvalue weighted by molar-refractivity contribution is -0.616. The van der Waals surface area contributed by atoms with Gasteiger partial charge in [-0.2, -0.15) is 27.6 Å². The molecular formula is C20H12ClF5N4O5. The Hall–Kier alpha value is -3.96. The zero-order valence-electron chi connectivity index (χ0n) is 17.1. The minimum absolute atomic E-state index is 0.0253. The van der Waals surface area contributed by atoms with E-state index in [9.17, 15) is 32.0 Å². The quantitative estimate of drug-likeness (QED) is 0.290. The van der Waals surface area contributed by atoms with Crippen LogP contribution < -0.4 is 19.8 Å². The van der Waals surface area contributed by atoms with Crippen LogP contribution in [0.5, 0.6) is 17.2 Å². The van der Waals surface area contributed by atoms with Crippen molar-refractivity contribution in [2.75, 3.05) is 13.2 Å². The van der Waals surface area contributed by atoms with Gasteiger partial charge in [0.05, 0.1) is 18.5 Å². The fraction of sp³-hybridized carbons (Fsp3) is 0.200. The summed E-state index contributed by atoms with van der Waals surface area (Å²) in [6.45, 7) is -1.55. The fourth-order valence-electron chi connectivity index (χ4n) is 2.80. The van der Waals surface area contributed by atoms with Crippen molar-refractivity contribution in [1.82, 2.24) is 9.55 Å². The summed E-state index contributed by atoms with van der Waals surface area (Å²) in [5.74, 6) is -5.27. The monoisotopic (exact) mass is 518 g/mol. The molecule has 0 saturated carbocycles. The molecule has 0 atom stereocenters. The summed E-state index contributed by atoms with van der Waals surface area (Å²) >= 11 is 5.73. The Morgan fingerprint density at radius 1 is 1.29 bits per heavy atom. The highest BCUT2D eigenvalue weighted by atomic mass is 35.5. The van der Waals surface area contributed by atoms with Gasteiger partial charge in [0.25, 0.3) is 5.56 Å². The summed E-state index contributed by atoms with van der Waals surface area (Å²) in [6, 6.07) is 3.83. The Kier molecular flexibility index (Phi) is 7.42. The molecule has 1 aromatic carbocycles. The third-order valence-electron chi connectivity index (χ3n) is 4.34. The maximum absolute atomic E-state index is 14.4. The minimum Gasteiger partial charge on any atom is -0.618 e. The lowest BCUT2D eigenvalue weighted by Crippen LogP contribution is -2.37. The lowest BCUT2D eigenvalue weighted by atomic mass is 10.2. The smallest absolute Gasteiger partial charge is 0.437 e. The van der Waals surface area contributed by atoms with Gasteiger partial charge in [-0.25, -0.2) is 9.37 Å². The summed E-state index contributed by atoms with van der Waals surface area (Å²) < 4.78 is 79.5. The molecule has 0 spiro atoms. The first-order valence-corrected chi connectivity index (χ1v) is 9.73. The third kappa shape index (κ3) is 5.58. The van der Waals surface area contributed by atoms with E-state index in [1.807, 2.05) is 0 Å². The molecule has 0 aliphatic rings. The van der Waals surface area contributed by atoms with Gasteiger partial charge in [-0.1, -0.05) is 11.6 Å². The number of pyridine rings is 1. The van der Waals surface area contributed by atoms with Crippen LogP contribution >= 0.6 is 11.6 Å². The van der Waals surface area contributed by atoms with Gasteiger partial charge in [-0.05, 0) is 6.07 Å². The van der Waals surface area contributed by atoms with Gasteiger partial charge in [0.1, 0.15) is 19.2 Å². The van der Waals surface area contributed by atoms with Crippen molar-refractivity contribution in [3.63, 3.8) is 0 Å². The Balaban J connectivity index is 2.09. The largest absolute Gasteiger partial charge is 0.618 e. The molecule has 0 aliphatic heterocycles. The molecule has 0 fully saturated rings. The first-order chi connectivity index (χ1) is 16.5.